The molecule has 4 heteroatoms. The van der Waals surface area contributed by atoms with Crippen LogP contribution in [-0.2, 0) is 4.79 Å². The molecule has 1 atom stereocenters. The minimum Gasteiger partial charge on any atom is -0.496 e. The number of likely N-dealkylation sites (tertiary alicyclic amines) is 1. The summed E-state index contributed by atoms with van der Waals surface area (Å²) in [5.41, 5.74) is 2.40. The summed E-state index contributed by atoms with van der Waals surface area (Å²) < 4.78 is 5.45. The van der Waals surface area contributed by atoms with Gasteiger partial charge in [-0.05, 0) is 45.8 Å². The van der Waals surface area contributed by atoms with Crippen molar-refractivity contribution >= 4 is 5.97 Å². The molecule has 2 rings (SSSR count). The van der Waals surface area contributed by atoms with Gasteiger partial charge in [0.25, 0.3) is 0 Å². The average molecular weight is 277 g/mol. The van der Waals surface area contributed by atoms with E-state index in [-0.39, 0.29) is 12.0 Å². The fourth-order valence-electron chi connectivity index (χ4n) is 2.91. The van der Waals surface area contributed by atoms with E-state index in [1.165, 1.54) is 11.1 Å². The van der Waals surface area contributed by atoms with Gasteiger partial charge in [-0.2, -0.15) is 0 Å². The first-order chi connectivity index (χ1) is 9.52. The topological polar surface area (TPSA) is 49.8 Å². The van der Waals surface area contributed by atoms with Crippen molar-refractivity contribution in [2.75, 3.05) is 20.2 Å². The number of ether oxygens (including phenoxy) is 1. The zero-order valence-electron chi connectivity index (χ0n) is 12.4. The van der Waals surface area contributed by atoms with Crippen LogP contribution in [0.1, 0.15) is 36.9 Å². The molecule has 1 aromatic carbocycles. The predicted molar refractivity (Wildman–Crippen MR) is 78.1 cm³/mol. The Kier molecular flexibility index (Phi) is 4.65. The van der Waals surface area contributed by atoms with Crippen LogP contribution in [-0.4, -0.2) is 36.2 Å². The largest absolute Gasteiger partial charge is 0.496 e. The minimum atomic E-state index is -0.662. The standard InChI is InChI=1S/C16H23NO3/c1-11-4-5-15(20-3)14(10-11)12(2)17-8-6-13(7-9-17)16(18)19/h4-5,10,12-13H,6-9H2,1-3H3,(H,18,19). The molecule has 20 heavy (non-hydrogen) atoms. The molecule has 0 saturated carbocycles. The summed E-state index contributed by atoms with van der Waals surface area (Å²) in [6, 6.07) is 6.46. The highest BCUT2D eigenvalue weighted by atomic mass is 16.5. The van der Waals surface area contributed by atoms with Crippen molar-refractivity contribution in [3.63, 3.8) is 0 Å². The quantitative estimate of drug-likeness (QED) is 0.919. The van der Waals surface area contributed by atoms with Crippen molar-refractivity contribution in [3.05, 3.63) is 29.3 Å². The first kappa shape index (κ1) is 14.9. The smallest absolute Gasteiger partial charge is 0.306 e. The second-order valence-corrected chi connectivity index (χ2v) is 5.57. The molecular weight excluding hydrogens is 254 g/mol. The lowest BCUT2D eigenvalue weighted by Gasteiger charge is -2.35. The molecule has 0 aromatic heterocycles. The summed E-state index contributed by atoms with van der Waals surface area (Å²) in [4.78, 5) is 13.4. The van der Waals surface area contributed by atoms with E-state index < -0.39 is 5.97 Å². The zero-order chi connectivity index (χ0) is 14.7. The highest BCUT2D eigenvalue weighted by Gasteiger charge is 2.28. The van der Waals surface area contributed by atoms with E-state index in [9.17, 15) is 4.79 Å². The van der Waals surface area contributed by atoms with Crippen LogP contribution in [0.2, 0.25) is 0 Å². The van der Waals surface area contributed by atoms with Gasteiger partial charge in [-0.1, -0.05) is 17.7 Å². The molecule has 0 aliphatic carbocycles. The maximum absolute atomic E-state index is 11.0. The molecule has 1 unspecified atom stereocenters. The summed E-state index contributed by atoms with van der Waals surface area (Å²) in [5, 5.41) is 9.06. The van der Waals surface area contributed by atoms with Crippen molar-refractivity contribution < 1.29 is 14.6 Å². The molecule has 110 valence electrons. The first-order valence-electron chi connectivity index (χ1n) is 7.14. The number of methoxy groups -OCH3 is 1. The van der Waals surface area contributed by atoms with E-state index in [1.807, 2.05) is 12.1 Å². The minimum absolute atomic E-state index is 0.183. The lowest BCUT2D eigenvalue weighted by Crippen LogP contribution is -2.38. The fraction of sp³-hybridized carbons (Fsp3) is 0.562. The third-order valence-electron chi connectivity index (χ3n) is 4.26. The summed E-state index contributed by atoms with van der Waals surface area (Å²) in [6.07, 6.45) is 1.46. The molecule has 0 spiro atoms. The van der Waals surface area contributed by atoms with Gasteiger partial charge in [-0.25, -0.2) is 0 Å². The van der Waals surface area contributed by atoms with Gasteiger partial charge in [0.05, 0.1) is 13.0 Å². The maximum Gasteiger partial charge on any atom is 0.306 e. The molecule has 1 saturated heterocycles. The Morgan fingerprint density at radius 1 is 1.40 bits per heavy atom. The highest BCUT2D eigenvalue weighted by molar-refractivity contribution is 5.70. The normalized spacial score (nSPS) is 18.8. The van der Waals surface area contributed by atoms with Crippen molar-refractivity contribution in [2.45, 2.75) is 32.7 Å². The summed E-state index contributed by atoms with van der Waals surface area (Å²) in [7, 11) is 1.69. The van der Waals surface area contributed by atoms with Gasteiger partial charge in [0.15, 0.2) is 0 Å². The van der Waals surface area contributed by atoms with Crippen LogP contribution in [0.15, 0.2) is 18.2 Å². The van der Waals surface area contributed by atoms with Gasteiger partial charge < -0.3 is 9.84 Å². The number of hydrogen-bond acceptors (Lipinski definition) is 3. The fourth-order valence-corrected chi connectivity index (χ4v) is 2.91. The van der Waals surface area contributed by atoms with Crippen LogP contribution >= 0.6 is 0 Å². The Labute approximate surface area is 120 Å². The molecule has 4 nitrogen and oxygen atoms in total. The lowest BCUT2D eigenvalue weighted by molar-refractivity contribution is -0.143. The number of hydrogen-bond donors (Lipinski definition) is 1. The lowest BCUT2D eigenvalue weighted by atomic mass is 9.94. The summed E-state index contributed by atoms with van der Waals surface area (Å²) in [6.45, 7) is 5.90. The Morgan fingerprint density at radius 3 is 2.60 bits per heavy atom. The highest BCUT2D eigenvalue weighted by Crippen LogP contribution is 2.32. The molecule has 0 bridgehead atoms. The predicted octanol–water partition coefficient (Wildman–Crippen LogP) is 2.86. The monoisotopic (exact) mass is 277 g/mol. The number of piperidine rings is 1. The molecular formula is C16H23NO3. The van der Waals surface area contributed by atoms with Gasteiger partial charge in [-0.15, -0.1) is 0 Å². The van der Waals surface area contributed by atoms with E-state index in [1.54, 1.807) is 7.11 Å². The second kappa shape index (κ2) is 6.27. The molecule has 1 aliphatic rings. The van der Waals surface area contributed by atoms with Gasteiger partial charge >= 0.3 is 5.97 Å². The van der Waals surface area contributed by atoms with Crippen LogP contribution in [0.25, 0.3) is 0 Å². The number of nitrogens with zero attached hydrogens (tertiary/aromatic N) is 1. The van der Waals surface area contributed by atoms with E-state index in [0.717, 1.165) is 31.7 Å². The first-order valence-corrected chi connectivity index (χ1v) is 7.14. The van der Waals surface area contributed by atoms with Gasteiger partial charge in [0, 0.05) is 11.6 Å². The SMILES string of the molecule is COc1ccc(C)cc1C(C)N1CCC(C(=O)O)CC1. The Bertz CT molecular complexity index is 479. The molecule has 1 N–H and O–H groups in total. The van der Waals surface area contributed by atoms with Crippen molar-refractivity contribution in [3.8, 4) is 5.75 Å². The van der Waals surface area contributed by atoms with E-state index >= 15 is 0 Å². The van der Waals surface area contributed by atoms with Crippen LogP contribution in [0.4, 0.5) is 0 Å². The average Bonchev–Trinajstić information content (AvgIpc) is 2.46. The molecule has 1 heterocycles. The number of aliphatic carboxylic acids is 1. The summed E-state index contributed by atoms with van der Waals surface area (Å²) >= 11 is 0. The number of carboxylic acids is 1. The summed E-state index contributed by atoms with van der Waals surface area (Å²) in [5.74, 6) is 0.0618. The molecule has 0 radical (unpaired) electrons. The van der Waals surface area contributed by atoms with E-state index in [2.05, 4.69) is 24.8 Å². The third-order valence-corrected chi connectivity index (χ3v) is 4.26. The van der Waals surface area contributed by atoms with Crippen molar-refractivity contribution in [1.29, 1.82) is 0 Å². The molecule has 1 aliphatic heterocycles. The zero-order valence-corrected chi connectivity index (χ0v) is 12.4. The molecule has 1 fully saturated rings. The van der Waals surface area contributed by atoms with E-state index in [0.29, 0.717) is 0 Å². The Morgan fingerprint density at radius 2 is 2.05 bits per heavy atom. The van der Waals surface area contributed by atoms with Gasteiger partial charge in [0.2, 0.25) is 0 Å². The van der Waals surface area contributed by atoms with Crippen LogP contribution in [0.3, 0.4) is 0 Å². The number of aryl methyl sites for hydroxylation is 1. The molecule has 1 aromatic rings. The number of carboxylic acid groups (broad SMARTS) is 1. The van der Waals surface area contributed by atoms with Gasteiger partial charge in [0.1, 0.15) is 5.75 Å². The van der Waals surface area contributed by atoms with Crippen LogP contribution in [0, 0.1) is 12.8 Å². The van der Waals surface area contributed by atoms with E-state index in [4.69, 9.17) is 9.84 Å². The molecule has 0 amide bonds. The van der Waals surface area contributed by atoms with Crippen LogP contribution in [0.5, 0.6) is 5.75 Å². The van der Waals surface area contributed by atoms with Crippen molar-refractivity contribution in [2.24, 2.45) is 5.92 Å². The third kappa shape index (κ3) is 3.12. The second-order valence-electron chi connectivity index (χ2n) is 5.57. The number of carbonyl (C=O) groups is 1. The van der Waals surface area contributed by atoms with Crippen LogP contribution < -0.4 is 4.74 Å². The number of rotatable bonds is 4. The number of benzene rings is 1. The Balaban J connectivity index is 2.10. The van der Waals surface area contributed by atoms with Crippen molar-refractivity contribution in [1.82, 2.24) is 4.90 Å². The van der Waals surface area contributed by atoms with Gasteiger partial charge in [-0.3, -0.25) is 9.69 Å². The maximum atomic E-state index is 11.0. The Hall–Kier alpha value is -1.55.